The molecule has 0 saturated heterocycles. The summed E-state index contributed by atoms with van der Waals surface area (Å²) in [5, 5.41) is 14.1. The highest BCUT2D eigenvalue weighted by atomic mass is 16.3. The number of rotatable bonds is 6. The van der Waals surface area contributed by atoms with E-state index in [1.54, 1.807) is 0 Å². The summed E-state index contributed by atoms with van der Waals surface area (Å²) in [6.07, 6.45) is 0.902. The van der Waals surface area contributed by atoms with Crippen LogP contribution in [0.15, 0.2) is 0 Å². The molecule has 66 valence electrons. The number of carbonyl (C=O) groups is 1. The smallest absolute Gasteiger partial charge is 0.216 e. The Labute approximate surface area is 67.0 Å². The van der Waals surface area contributed by atoms with Crippen LogP contribution in [0.3, 0.4) is 0 Å². The molecule has 0 saturated carbocycles. The minimum atomic E-state index is 0.00663. The zero-order valence-corrected chi connectivity index (χ0v) is 6.89. The van der Waals surface area contributed by atoms with Crippen LogP contribution >= 0.6 is 0 Å². The molecule has 0 aromatic rings. The van der Waals surface area contributed by atoms with E-state index >= 15 is 0 Å². The number of hydrogen-bond donors (Lipinski definition) is 3. The fourth-order valence-electron chi connectivity index (χ4n) is 0.682. The molecule has 0 atom stereocenters. The molecule has 0 aliphatic rings. The zero-order chi connectivity index (χ0) is 8.53. The SMILES string of the molecule is CC(=O)NCCCNCCO. The first-order valence-corrected chi connectivity index (χ1v) is 3.83. The highest BCUT2D eigenvalue weighted by molar-refractivity contribution is 5.72. The van der Waals surface area contributed by atoms with Gasteiger partial charge in [0.2, 0.25) is 5.91 Å². The third-order valence-electron chi connectivity index (χ3n) is 1.19. The molecule has 4 nitrogen and oxygen atoms in total. The summed E-state index contributed by atoms with van der Waals surface area (Å²) in [5.41, 5.74) is 0. The monoisotopic (exact) mass is 160 g/mol. The van der Waals surface area contributed by atoms with E-state index in [-0.39, 0.29) is 12.5 Å². The normalized spacial score (nSPS) is 9.64. The Balaban J connectivity index is 2.85. The van der Waals surface area contributed by atoms with Gasteiger partial charge in [-0.2, -0.15) is 0 Å². The van der Waals surface area contributed by atoms with E-state index in [4.69, 9.17) is 5.11 Å². The van der Waals surface area contributed by atoms with Gasteiger partial charge in [0.1, 0.15) is 0 Å². The molecule has 0 aliphatic heterocycles. The first-order chi connectivity index (χ1) is 5.27. The van der Waals surface area contributed by atoms with Gasteiger partial charge in [-0.05, 0) is 13.0 Å². The van der Waals surface area contributed by atoms with Crippen LogP contribution in [0.5, 0.6) is 0 Å². The minimum absolute atomic E-state index is 0.00663. The zero-order valence-electron chi connectivity index (χ0n) is 6.89. The fourth-order valence-corrected chi connectivity index (χ4v) is 0.682. The van der Waals surface area contributed by atoms with Crippen LogP contribution in [-0.2, 0) is 4.79 Å². The maximum Gasteiger partial charge on any atom is 0.216 e. The molecule has 1 amide bonds. The molecule has 0 bridgehead atoms. The van der Waals surface area contributed by atoms with E-state index < -0.39 is 0 Å². The van der Waals surface area contributed by atoms with Crippen molar-refractivity contribution in [1.82, 2.24) is 10.6 Å². The summed E-state index contributed by atoms with van der Waals surface area (Å²) in [5.74, 6) is 0.00663. The summed E-state index contributed by atoms with van der Waals surface area (Å²) in [7, 11) is 0. The second-order valence-corrected chi connectivity index (χ2v) is 2.31. The van der Waals surface area contributed by atoms with E-state index in [0.717, 1.165) is 13.0 Å². The summed E-state index contributed by atoms with van der Waals surface area (Å²) in [6.45, 7) is 3.83. The van der Waals surface area contributed by atoms with Crippen LogP contribution in [0, 0.1) is 0 Å². The highest BCUT2D eigenvalue weighted by Crippen LogP contribution is 1.72. The Morgan fingerprint density at radius 1 is 1.36 bits per heavy atom. The molecule has 0 aromatic heterocycles. The molecule has 3 N–H and O–H groups in total. The van der Waals surface area contributed by atoms with Gasteiger partial charge in [0, 0.05) is 20.0 Å². The first-order valence-electron chi connectivity index (χ1n) is 3.83. The molecule has 0 aromatic carbocycles. The van der Waals surface area contributed by atoms with Crippen molar-refractivity contribution in [3.8, 4) is 0 Å². The Kier molecular flexibility index (Phi) is 7.08. The van der Waals surface area contributed by atoms with Gasteiger partial charge in [-0.1, -0.05) is 0 Å². The lowest BCUT2D eigenvalue weighted by Gasteiger charge is -2.02. The van der Waals surface area contributed by atoms with Crippen molar-refractivity contribution in [2.45, 2.75) is 13.3 Å². The summed E-state index contributed by atoms with van der Waals surface area (Å²) in [4.78, 5) is 10.4. The Hall–Kier alpha value is -0.610. The van der Waals surface area contributed by atoms with Gasteiger partial charge in [0.15, 0.2) is 0 Å². The van der Waals surface area contributed by atoms with Crippen molar-refractivity contribution in [3.05, 3.63) is 0 Å². The minimum Gasteiger partial charge on any atom is -0.395 e. The van der Waals surface area contributed by atoms with Crippen LogP contribution in [0.1, 0.15) is 13.3 Å². The fraction of sp³-hybridized carbons (Fsp3) is 0.857. The lowest BCUT2D eigenvalue weighted by Crippen LogP contribution is -2.26. The molecule has 0 radical (unpaired) electrons. The van der Waals surface area contributed by atoms with Crippen LogP contribution in [0.2, 0.25) is 0 Å². The topological polar surface area (TPSA) is 61.4 Å². The molecule has 0 fully saturated rings. The molecule has 0 unspecified atom stereocenters. The summed E-state index contributed by atoms with van der Waals surface area (Å²) < 4.78 is 0. The third-order valence-corrected chi connectivity index (χ3v) is 1.19. The number of nitrogens with one attached hydrogen (secondary N) is 2. The largest absolute Gasteiger partial charge is 0.395 e. The van der Waals surface area contributed by atoms with Gasteiger partial charge >= 0.3 is 0 Å². The van der Waals surface area contributed by atoms with Gasteiger partial charge < -0.3 is 15.7 Å². The van der Waals surface area contributed by atoms with Crippen LogP contribution in [-0.4, -0.2) is 37.3 Å². The molecule has 0 aliphatic carbocycles. The molecular formula is C7H16N2O2. The highest BCUT2D eigenvalue weighted by Gasteiger charge is 1.89. The molecular weight excluding hydrogens is 144 g/mol. The van der Waals surface area contributed by atoms with Gasteiger partial charge in [-0.25, -0.2) is 0 Å². The maximum atomic E-state index is 10.4. The van der Waals surface area contributed by atoms with Crippen molar-refractivity contribution in [2.24, 2.45) is 0 Å². The second-order valence-electron chi connectivity index (χ2n) is 2.31. The van der Waals surface area contributed by atoms with Crippen molar-refractivity contribution in [1.29, 1.82) is 0 Å². The molecule has 0 rings (SSSR count). The van der Waals surface area contributed by atoms with E-state index in [1.165, 1.54) is 6.92 Å². The molecule has 0 spiro atoms. The number of carbonyl (C=O) groups excluding carboxylic acids is 1. The van der Waals surface area contributed by atoms with E-state index in [0.29, 0.717) is 13.1 Å². The van der Waals surface area contributed by atoms with Crippen molar-refractivity contribution < 1.29 is 9.90 Å². The van der Waals surface area contributed by atoms with Gasteiger partial charge in [-0.3, -0.25) is 4.79 Å². The van der Waals surface area contributed by atoms with E-state index in [9.17, 15) is 4.79 Å². The van der Waals surface area contributed by atoms with Crippen LogP contribution < -0.4 is 10.6 Å². The number of hydrogen-bond acceptors (Lipinski definition) is 3. The summed E-state index contributed by atoms with van der Waals surface area (Å²) in [6, 6.07) is 0. The predicted molar refractivity (Wildman–Crippen MR) is 43.3 cm³/mol. The quantitative estimate of drug-likeness (QED) is 0.441. The van der Waals surface area contributed by atoms with Crippen molar-refractivity contribution in [2.75, 3.05) is 26.2 Å². The third kappa shape index (κ3) is 9.39. The van der Waals surface area contributed by atoms with Gasteiger partial charge in [-0.15, -0.1) is 0 Å². The predicted octanol–water partition coefficient (Wildman–Crippen LogP) is -0.905. The summed E-state index contributed by atoms with van der Waals surface area (Å²) >= 11 is 0. The average molecular weight is 160 g/mol. The van der Waals surface area contributed by atoms with Crippen LogP contribution in [0.4, 0.5) is 0 Å². The van der Waals surface area contributed by atoms with Crippen molar-refractivity contribution >= 4 is 5.91 Å². The van der Waals surface area contributed by atoms with E-state index in [1.807, 2.05) is 0 Å². The average Bonchev–Trinajstić information content (AvgIpc) is 1.96. The number of aliphatic hydroxyl groups excluding tert-OH is 1. The first kappa shape index (κ1) is 10.4. The Bertz CT molecular complexity index is 107. The standard InChI is InChI=1S/C7H16N2O2/c1-7(11)9-4-2-3-8-5-6-10/h8,10H,2-6H2,1H3,(H,9,11). The molecule has 11 heavy (non-hydrogen) atoms. The van der Waals surface area contributed by atoms with Gasteiger partial charge in [0.25, 0.3) is 0 Å². The number of aliphatic hydroxyl groups is 1. The Morgan fingerprint density at radius 2 is 2.09 bits per heavy atom. The maximum absolute atomic E-state index is 10.4. The van der Waals surface area contributed by atoms with Crippen LogP contribution in [0.25, 0.3) is 0 Å². The Morgan fingerprint density at radius 3 is 2.64 bits per heavy atom. The van der Waals surface area contributed by atoms with Crippen molar-refractivity contribution in [3.63, 3.8) is 0 Å². The second kappa shape index (κ2) is 7.50. The molecule has 0 heterocycles. The van der Waals surface area contributed by atoms with E-state index in [2.05, 4.69) is 10.6 Å². The molecule has 4 heteroatoms. The van der Waals surface area contributed by atoms with Gasteiger partial charge in [0.05, 0.1) is 6.61 Å². The lowest BCUT2D eigenvalue weighted by molar-refractivity contribution is -0.118. The lowest BCUT2D eigenvalue weighted by atomic mass is 10.4. The number of amides is 1.